The van der Waals surface area contributed by atoms with Gasteiger partial charge in [0.2, 0.25) is 0 Å². The lowest BCUT2D eigenvalue weighted by Gasteiger charge is -2.37. The number of nitrogens with one attached hydrogen (secondary N) is 1. The molecule has 3 aromatic carbocycles. The molecule has 0 saturated carbocycles. The Morgan fingerprint density at radius 2 is 1.73 bits per heavy atom. The average Bonchev–Trinajstić information content (AvgIpc) is 2.68. The third-order valence-corrected chi connectivity index (χ3v) is 6.82. The van der Waals surface area contributed by atoms with E-state index in [1.807, 2.05) is 0 Å². The predicted molar refractivity (Wildman–Crippen MR) is 134 cm³/mol. The fourth-order valence-corrected chi connectivity index (χ4v) is 5.33. The molecule has 2 aliphatic heterocycles. The van der Waals surface area contributed by atoms with Crippen LogP contribution < -0.4 is 10.1 Å². The van der Waals surface area contributed by atoms with E-state index in [1.54, 1.807) is 0 Å². The van der Waals surface area contributed by atoms with Crippen LogP contribution in [-0.2, 0) is 6.42 Å². The van der Waals surface area contributed by atoms with Gasteiger partial charge in [-0.1, -0.05) is 36.4 Å². The molecule has 0 spiro atoms. The Hall–Kier alpha value is -2.27. The zero-order valence-electron chi connectivity index (χ0n) is 17.8. The van der Waals surface area contributed by atoms with Gasteiger partial charge < -0.3 is 10.1 Å². The second-order valence-electron chi connectivity index (χ2n) is 9.01. The summed E-state index contributed by atoms with van der Waals surface area (Å²) in [6.07, 6.45) is 3.17. The van der Waals surface area contributed by atoms with E-state index in [0.29, 0.717) is 0 Å². The minimum Gasteiger partial charge on any atom is -0.485 e. The molecule has 3 aromatic rings. The first-order valence-corrected chi connectivity index (χ1v) is 11.6. The van der Waals surface area contributed by atoms with Gasteiger partial charge in [-0.25, -0.2) is 0 Å². The minimum absolute atomic E-state index is 0.0179. The second kappa shape index (κ2) is 7.16. The summed E-state index contributed by atoms with van der Waals surface area (Å²) < 4.78 is 7.94. The lowest BCUT2D eigenvalue weighted by atomic mass is 9.80. The van der Waals surface area contributed by atoms with Crippen molar-refractivity contribution in [1.82, 2.24) is 0 Å². The lowest BCUT2D eigenvalue weighted by Crippen LogP contribution is -2.32. The van der Waals surface area contributed by atoms with Crippen molar-refractivity contribution in [2.45, 2.75) is 45.8 Å². The quantitative estimate of drug-likeness (QED) is 0.362. The van der Waals surface area contributed by atoms with Gasteiger partial charge in [-0.15, -0.1) is 0 Å². The highest BCUT2D eigenvalue weighted by atomic mass is 127. The van der Waals surface area contributed by atoms with Crippen LogP contribution in [0, 0.1) is 10.5 Å². The van der Waals surface area contributed by atoms with Crippen molar-refractivity contribution < 1.29 is 4.74 Å². The number of hydrogen-bond donors (Lipinski definition) is 1. The van der Waals surface area contributed by atoms with Crippen LogP contribution in [0.1, 0.15) is 49.1 Å². The predicted octanol–water partition coefficient (Wildman–Crippen LogP) is 7.55. The molecule has 0 aliphatic carbocycles. The van der Waals surface area contributed by atoms with Gasteiger partial charge in [0.05, 0.1) is 5.54 Å². The van der Waals surface area contributed by atoms with Gasteiger partial charge in [-0.05, 0) is 96.8 Å². The molecule has 1 N–H and O–H groups in total. The molecule has 3 heteroatoms. The number of halogens is 1. The van der Waals surface area contributed by atoms with Crippen LogP contribution in [0.25, 0.3) is 16.7 Å². The van der Waals surface area contributed by atoms with Crippen molar-refractivity contribution in [3.8, 4) is 16.9 Å². The summed E-state index contributed by atoms with van der Waals surface area (Å²) in [7, 11) is 0. The first-order chi connectivity index (χ1) is 14.3. The number of rotatable bonds is 2. The van der Waals surface area contributed by atoms with Crippen molar-refractivity contribution in [2.75, 3.05) is 5.32 Å². The van der Waals surface area contributed by atoms with Crippen molar-refractivity contribution >= 4 is 33.9 Å². The maximum Gasteiger partial charge on any atom is 0.129 e. The van der Waals surface area contributed by atoms with Gasteiger partial charge in [0.25, 0.3) is 0 Å². The first-order valence-electron chi connectivity index (χ1n) is 10.5. The van der Waals surface area contributed by atoms with E-state index in [9.17, 15) is 0 Å². The molecular formula is C27H26INO. The highest BCUT2D eigenvalue weighted by Crippen LogP contribution is 2.50. The fraction of sp³-hybridized carbons (Fsp3) is 0.259. The number of fused-ring (bicyclic) bond motifs is 5. The molecule has 1 unspecified atom stereocenters. The zero-order chi connectivity index (χ0) is 21.0. The van der Waals surface area contributed by atoms with E-state index in [4.69, 9.17) is 4.74 Å². The van der Waals surface area contributed by atoms with Crippen LogP contribution in [0.15, 0.2) is 60.7 Å². The van der Waals surface area contributed by atoms with Crippen molar-refractivity contribution in [2.24, 2.45) is 0 Å². The summed E-state index contributed by atoms with van der Waals surface area (Å²) in [6.45, 7) is 8.85. The summed E-state index contributed by atoms with van der Waals surface area (Å²) >= 11 is 2.36. The molecule has 1 atom stereocenters. The smallest absolute Gasteiger partial charge is 0.129 e. The number of allylic oxidation sites excluding steroid dienone is 1. The van der Waals surface area contributed by atoms with E-state index in [1.165, 1.54) is 48.2 Å². The molecule has 30 heavy (non-hydrogen) atoms. The Morgan fingerprint density at radius 1 is 0.967 bits per heavy atom. The zero-order valence-corrected chi connectivity index (χ0v) is 20.0. The SMILES string of the molecule is CC1=CC(C)(C)Nc2ccc3c(c21)C(Cc1ccc(I)cc1)Oc1cccc(C)c1-3. The van der Waals surface area contributed by atoms with E-state index in [2.05, 4.69) is 116 Å². The van der Waals surface area contributed by atoms with Crippen molar-refractivity contribution in [1.29, 1.82) is 0 Å². The Balaban J connectivity index is 1.72. The molecule has 2 aliphatic rings. The van der Waals surface area contributed by atoms with Gasteiger partial charge >= 0.3 is 0 Å². The van der Waals surface area contributed by atoms with Gasteiger partial charge in [0.15, 0.2) is 0 Å². The topological polar surface area (TPSA) is 21.3 Å². The number of benzene rings is 3. The molecule has 0 bridgehead atoms. The van der Waals surface area contributed by atoms with Crippen LogP contribution in [0.3, 0.4) is 0 Å². The molecule has 0 amide bonds. The van der Waals surface area contributed by atoms with Crippen molar-refractivity contribution in [3.05, 3.63) is 86.5 Å². The monoisotopic (exact) mass is 507 g/mol. The Morgan fingerprint density at radius 3 is 2.50 bits per heavy atom. The highest BCUT2D eigenvalue weighted by Gasteiger charge is 2.34. The highest BCUT2D eigenvalue weighted by molar-refractivity contribution is 14.1. The second-order valence-corrected chi connectivity index (χ2v) is 10.3. The summed E-state index contributed by atoms with van der Waals surface area (Å²) in [5.74, 6) is 0.990. The maximum atomic E-state index is 6.68. The summed E-state index contributed by atoms with van der Waals surface area (Å²) in [5.41, 5.74) is 10.2. The van der Waals surface area contributed by atoms with E-state index >= 15 is 0 Å². The molecule has 2 nitrogen and oxygen atoms in total. The average molecular weight is 507 g/mol. The molecule has 152 valence electrons. The molecule has 2 heterocycles. The third-order valence-electron chi connectivity index (χ3n) is 6.10. The van der Waals surface area contributed by atoms with E-state index in [0.717, 1.165) is 12.2 Å². The van der Waals surface area contributed by atoms with Crippen LogP contribution >= 0.6 is 22.6 Å². The third kappa shape index (κ3) is 3.33. The summed E-state index contributed by atoms with van der Waals surface area (Å²) in [4.78, 5) is 0. The van der Waals surface area contributed by atoms with Gasteiger partial charge in [-0.2, -0.15) is 0 Å². The van der Waals surface area contributed by atoms with Crippen molar-refractivity contribution in [3.63, 3.8) is 0 Å². The molecule has 0 radical (unpaired) electrons. The van der Waals surface area contributed by atoms with Gasteiger partial charge in [-0.3, -0.25) is 0 Å². The van der Waals surface area contributed by atoms with E-state index in [-0.39, 0.29) is 11.6 Å². The number of ether oxygens (including phenoxy) is 1. The maximum absolute atomic E-state index is 6.68. The largest absolute Gasteiger partial charge is 0.485 e. The van der Waals surface area contributed by atoms with Crippen LogP contribution in [-0.4, -0.2) is 5.54 Å². The lowest BCUT2D eigenvalue weighted by molar-refractivity contribution is 0.202. The number of hydrogen-bond acceptors (Lipinski definition) is 2. The van der Waals surface area contributed by atoms with Crippen LogP contribution in [0.2, 0.25) is 0 Å². The number of anilines is 1. The summed E-state index contributed by atoms with van der Waals surface area (Å²) in [6, 6.07) is 19.7. The minimum atomic E-state index is -0.0553. The Bertz CT molecular complexity index is 1170. The van der Waals surface area contributed by atoms with Crippen LogP contribution in [0.4, 0.5) is 5.69 Å². The standard InChI is InChI=1S/C27H26INO/c1-16-6-5-7-22-24(16)20-12-13-21-25(17(2)15-27(3,4)29-21)26(20)23(30-22)14-18-8-10-19(28)11-9-18/h5-13,15,23,29H,14H2,1-4H3. The molecular weight excluding hydrogens is 481 g/mol. The Kier molecular flexibility index (Phi) is 4.69. The fourth-order valence-electron chi connectivity index (χ4n) is 4.97. The first kappa shape index (κ1) is 19.7. The van der Waals surface area contributed by atoms with Crippen LogP contribution in [0.5, 0.6) is 5.75 Å². The Labute approximate surface area is 192 Å². The summed E-state index contributed by atoms with van der Waals surface area (Å²) in [5, 5.41) is 3.71. The normalized spacial score (nSPS) is 18.3. The molecule has 0 fully saturated rings. The van der Waals surface area contributed by atoms with Gasteiger partial charge in [0.1, 0.15) is 11.9 Å². The molecule has 0 aromatic heterocycles. The number of aryl methyl sites for hydroxylation is 1. The van der Waals surface area contributed by atoms with E-state index < -0.39 is 0 Å². The van der Waals surface area contributed by atoms with Gasteiger partial charge in [0, 0.05) is 32.4 Å². The molecule has 5 rings (SSSR count). The molecule has 0 saturated heterocycles.